The minimum absolute atomic E-state index is 0.207. The van der Waals surface area contributed by atoms with Crippen LogP contribution >= 0.6 is 15.9 Å². The topological polar surface area (TPSA) is 51.5 Å². The van der Waals surface area contributed by atoms with Gasteiger partial charge in [-0.05, 0) is 52.2 Å². The highest BCUT2D eigenvalue weighted by molar-refractivity contribution is 9.10. The minimum atomic E-state index is -0.411. The zero-order chi connectivity index (χ0) is 14.5. The molecule has 0 bridgehead atoms. The zero-order valence-corrected chi connectivity index (χ0v) is 12.4. The maximum absolute atomic E-state index is 13.5. The third-order valence-corrected chi connectivity index (χ3v) is 3.14. The summed E-state index contributed by atoms with van der Waals surface area (Å²) in [5.74, 6) is -0.271. The highest BCUT2D eigenvalue weighted by atomic mass is 79.9. The van der Waals surface area contributed by atoms with E-state index in [0.717, 1.165) is 5.56 Å². The highest BCUT2D eigenvalue weighted by Crippen LogP contribution is 2.18. The molecule has 0 aliphatic rings. The van der Waals surface area contributed by atoms with Crippen molar-refractivity contribution in [1.29, 1.82) is 0 Å². The van der Waals surface area contributed by atoms with E-state index in [2.05, 4.69) is 21.2 Å². The van der Waals surface area contributed by atoms with Crippen LogP contribution < -0.4 is 10.1 Å². The summed E-state index contributed by atoms with van der Waals surface area (Å²) in [5.41, 5.74) is 0.782. The number of amides is 1. The lowest BCUT2D eigenvalue weighted by Gasteiger charge is -2.06. The van der Waals surface area contributed by atoms with Crippen molar-refractivity contribution in [3.63, 3.8) is 0 Å². The van der Waals surface area contributed by atoms with Gasteiger partial charge in [-0.2, -0.15) is 0 Å². The lowest BCUT2D eigenvalue weighted by Crippen LogP contribution is -2.25. The fourth-order valence-corrected chi connectivity index (χ4v) is 2.02. The standard InChI is InChI=1S/C14H13BrFNO3/c1-19-11-3-2-9(8-10(11)16)6-7-17-14(18)12-4-5-13(15)20-12/h2-5,8H,6-7H2,1H3,(H,17,18). The number of furan rings is 1. The Hall–Kier alpha value is -1.82. The van der Waals surface area contributed by atoms with E-state index in [4.69, 9.17) is 9.15 Å². The molecule has 6 heteroatoms. The summed E-state index contributed by atoms with van der Waals surface area (Å²) < 4.78 is 23.9. The molecule has 1 aromatic heterocycles. The first kappa shape index (κ1) is 14.6. The highest BCUT2D eigenvalue weighted by Gasteiger charge is 2.10. The normalized spacial score (nSPS) is 10.3. The van der Waals surface area contributed by atoms with Crippen LogP contribution in [0.4, 0.5) is 4.39 Å². The fourth-order valence-electron chi connectivity index (χ4n) is 1.71. The van der Waals surface area contributed by atoms with E-state index in [0.29, 0.717) is 17.6 Å². The van der Waals surface area contributed by atoms with Crippen molar-refractivity contribution in [3.05, 3.63) is 52.1 Å². The largest absolute Gasteiger partial charge is 0.494 e. The summed E-state index contributed by atoms with van der Waals surface area (Å²) in [7, 11) is 1.42. The van der Waals surface area contributed by atoms with Gasteiger partial charge in [0.15, 0.2) is 22.0 Å². The summed E-state index contributed by atoms with van der Waals surface area (Å²) in [4.78, 5) is 11.7. The van der Waals surface area contributed by atoms with Crippen molar-refractivity contribution in [1.82, 2.24) is 5.32 Å². The molecule has 1 N–H and O–H groups in total. The molecule has 0 atom stereocenters. The molecule has 20 heavy (non-hydrogen) atoms. The van der Waals surface area contributed by atoms with E-state index in [9.17, 15) is 9.18 Å². The van der Waals surface area contributed by atoms with Crippen molar-refractivity contribution in [2.45, 2.75) is 6.42 Å². The molecule has 2 rings (SSSR count). The smallest absolute Gasteiger partial charge is 0.287 e. The summed E-state index contributed by atoms with van der Waals surface area (Å²) in [6.45, 7) is 0.392. The van der Waals surface area contributed by atoms with Gasteiger partial charge in [-0.15, -0.1) is 0 Å². The zero-order valence-electron chi connectivity index (χ0n) is 10.8. The number of nitrogens with one attached hydrogen (secondary N) is 1. The Bertz CT molecular complexity index is 612. The second-order valence-corrected chi connectivity index (χ2v) is 4.86. The monoisotopic (exact) mass is 341 g/mol. The number of carbonyl (C=O) groups excluding carboxylic acids is 1. The molecule has 1 amide bonds. The predicted octanol–water partition coefficient (Wildman–Crippen LogP) is 3.16. The molecule has 0 fully saturated rings. The SMILES string of the molecule is COc1ccc(CCNC(=O)c2ccc(Br)o2)cc1F. The van der Waals surface area contributed by atoms with Crippen molar-refractivity contribution in [2.75, 3.05) is 13.7 Å². The van der Waals surface area contributed by atoms with E-state index in [1.54, 1.807) is 24.3 Å². The van der Waals surface area contributed by atoms with E-state index in [1.807, 2.05) is 0 Å². The molecule has 2 aromatic rings. The Morgan fingerprint density at radius 3 is 2.80 bits per heavy atom. The van der Waals surface area contributed by atoms with Crippen LogP contribution in [0.5, 0.6) is 5.75 Å². The first-order valence-electron chi connectivity index (χ1n) is 5.96. The molecule has 0 saturated heterocycles. The number of carbonyl (C=O) groups is 1. The van der Waals surface area contributed by atoms with Crippen LogP contribution in [0.3, 0.4) is 0 Å². The van der Waals surface area contributed by atoms with Crippen LogP contribution in [0.15, 0.2) is 39.4 Å². The first-order valence-corrected chi connectivity index (χ1v) is 6.75. The van der Waals surface area contributed by atoms with Gasteiger partial charge >= 0.3 is 0 Å². The average molecular weight is 342 g/mol. The van der Waals surface area contributed by atoms with Gasteiger partial charge in [0, 0.05) is 6.54 Å². The summed E-state index contributed by atoms with van der Waals surface area (Å²) in [5, 5.41) is 2.70. The second kappa shape index (κ2) is 6.56. The molecular formula is C14H13BrFNO3. The predicted molar refractivity (Wildman–Crippen MR) is 75.4 cm³/mol. The number of halogens is 2. The molecule has 0 radical (unpaired) electrons. The Labute approximate surface area is 124 Å². The molecule has 1 aromatic carbocycles. The van der Waals surface area contributed by atoms with Crippen molar-refractivity contribution >= 4 is 21.8 Å². The van der Waals surface area contributed by atoms with Crippen LogP contribution in [0.2, 0.25) is 0 Å². The molecule has 0 saturated carbocycles. The number of benzene rings is 1. The average Bonchev–Trinajstić information content (AvgIpc) is 2.85. The van der Waals surface area contributed by atoms with Gasteiger partial charge in [0.25, 0.3) is 5.91 Å². The quantitative estimate of drug-likeness (QED) is 0.908. The lowest BCUT2D eigenvalue weighted by molar-refractivity contribution is 0.0925. The molecule has 106 valence electrons. The van der Waals surface area contributed by atoms with Crippen molar-refractivity contribution in [2.24, 2.45) is 0 Å². The van der Waals surface area contributed by atoms with Crippen LogP contribution in [0.25, 0.3) is 0 Å². The number of rotatable bonds is 5. The van der Waals surface area contributed by atoms with Gasteiger partial charge < -0.3 is 14.5 Å². The summed E-state index contributed by atoms with van der Waals surface area (Å²) in [6.07, 6.45) is 0.522. The first-order chi connectivity index (χ1) is 9.60. The maximum atomic E-state index is 13.5. The maximum Gasteiger partial charge on any atom is 0.287 e. The number of ether oxygens (including phenoxy) is 1. The van der Waals surface area contributed by atoms with Gasteiger partial charge in [-0.3, -0.25) is 4.79 Å². The third kappa shape index (κ3) is 3.60. The molecule has 0 aliphatic carbocycles. The van der Waals surface area contributed by atoms with Crippen LogP contribution in [-0.4, -0.2) is 19.6 Å². The molecule has 1 heterocycles. The molecule has 0 spiro atoms. The fraction of sp³-hybridized carbons (Fsp3) is 0.214. The summed E-state index contributed by atoms with van der Waals surface area (Å²) in [6, 6.07) is 7.95. The van der Waals surface area contributed by atoms with Gasteiger partial charge in [0.05, 0.1) is 7.11 Å². The van der Waals surface area contributed by atoms with Gasteiger partial charge in [0.2, 0.25) is 0 Å². The Morgan fingerprint density at radius 2 is 2.20 bits per heavy atom. The van der Waals surface area contributed by atoms with Gasteiger partial charge in [-0.1, -0.05) is 6.07 Å². The lowest BCUT2D eigenvalue weighted by atomic mass is 10.1. The van der Waals surface area contributed by atoms with Crippen LogP contribution in [0, 0.1) is 5.82 Å². The Kier molecular flexibility index (Phi) is 4.79. The molecule has 0 unspecified atom stereocenters. The van der Waals surface area contributed by atoms with Gasteiger partial charge in [-0.25, -0.2) is 4.39 Å². The number of hydrogen-bond donors (Lipinski definition) is 1. The Balaban J connectivity index is 1.87. The summed E-state index contributed by atoms with van der Waals surface area (Å²) >= 11 is 3.13. The van der Waals surface area contributed by atoms with Crippen molar-refractivity contribution in [3.8, 4) is 5.75 Å². The third-order valence-electron chi connectivity index (χ3n) is 2.71. The van der Waals surface area contributed by atoms with Crippen LogP contribution in [0.1, 0.15) is 16.1 Å². The van der Waals surface area contributed by atoms with Crippen LogP contribution in [-0.2, 0) is 6.42 Å². The second-order valence-electron chi connectivity index (χ2n) is 4.08. The molecule has 0 aliphatic heterocycles. The van der Waals surface area contributed by atoms with E-state index < -0.39 is 5.82 Å². The van der Waals surface area contributed by atoms with Crippen molar-refractivity contribution < 1.29 is 18.3 Å². The Morgan fingerprint density at radius 1 is 1.40 bits per heavy atom. The molecular weight excluding hydrogens is 329 g/mol. The van der Waals surface area contributed by atoms with E-state index in [-0.39, 0.29) is 17.4 Å². The van der Waals surface area contributed by atoms with E-state index >= 15 is 0 Å². The van der Waals surface area contributed by atoms with Gasteiger partial charge in [0.1, 0.15) is 0 Å². The molecule has 4 nitrogen and oxygen atoms in total. The number of methoxy groups -OCH3 is 1. The number of hydrogen-bond acceptors (Lipinski definition) is 3. The minimum Gasteiger partial charge on any atom is -0.494 e. The van der Waals surface area contributed by atoms with E-state index in [1.165, 1.54) is 13.2 Å².